The highest BCUT2D eigenvalue weighted by Gasteiger charge is 2.29. The van der Waals surface area contributed by atoms with Gasteiger partial charge in [0.1, 0.15) is 0 Å². The lowest BCUT2D eigenvalue weighted by Crippen LogP contribution is -2.24. The van der Waals surface area contributed by atoms with Crippen LogP contribution in [0.5, 0.6) is 5.88 Å². The minimum absolute atomic E-state index is 0.0584. The van der Waals surface area contributed by atoms with Gasteiger partial charge < -0.3 is 10.1 Å². The first-order valence-corrected chi connectivity index (χ1v) is 9.04. The molecule has 0 aliphatic rings. The zero-order valence-electron chi connectivity index (χ0n) is 16.3. The number of aryl methyl sites for hydroxylation is 1. The SMILES string of the molecule is CC(C)(C)c1ccc(CCC(=O)NCc2cccnc2OCC(F)(F)F)cc1. The standard InChI is InChI=1S/C21H25F3N2O2/c1-20(2,3)17-9-6-15(7-10-17)8-11-18(27)26-13-16-5-4-12-25-19(16)28-14-21(22,23)24/h4-7,9-10,12H,8,11,13-14H2,1-3H3,(H,26,27). The number of alkyl halides is 3. The quantitative estimate of drug-likeness (QED) is 0.749. The van der Waals surface area contributed by atoms with Crippen LogP contribution < -0.4 is 10.1 Å². The molecule has 0 saturated carbocycles. The second kappa shape index (κ2) is 9.08. The maximum Gasteiger partial charge on any atom is 0.422 e. The number of carbonyl (C=O) groups is 1. The molecular weight excluding hydrogens is 369 g/mol. The van der Waals surface area contributed by atoms with Crippen molar-refractivity contribution < 1.29 is 22.7 Å². The number of nitrogens with one attached hydrogen (secondary N) is 1. The zero-order chi connectivity index (χ0) is 20.8. The first kappa shape index (κ1) is 21.7. The number of pyridine rings is 1. The van der Waals surface area contributed by atoms with E-state index in [1.807, 2.05) is 12.1 Å². The van der Waals surface area contributed by atoms with E-state index in [0.29, 0.717) is 12.0 Å². The average molecular weight is 394 g/mol. The van der Waals surface area contributed by atoms with Crippen LogP contribution in [0.1, 0.15) is 43.9 Å². The lowest BCUT2D eigenvalue weighted by molar-refractivity contribution is -0.154. The van der Waals surface area contributed by atoms with Crippen LogP contribution >= 0.6 is 0 Å². The highest BCUT2D eigenvalue weighted by molar-refractivity contribution is 5.76. The monoisotopic (exact) mass is 394 g/mol. The summed E-state index contributed by atoms with van der Waals surface area (Å²) in [6.07, 6.45) is -2.23. The molecule has 0 radical (unpaired) electrons. The van der Waals surface area contributed by atoms with Crippen molar-refractivity contribution in [2.45, 2.75) is 51.7 Å². The van der Waals surface area contributed by atoms with Gasteiger partial charge in [0.15, 0.2) is 6.61 Å². The Hall–Kier alpha value is -2.57. The Kier molecular flexibility index (Phi) is 7.05. The molecule has 1 aromatic heterocycles. The summed E-state index contributed by atoms with van der Waals surface area (Å²) < 4.78 is 41.7. The van der Waals surface area contributed by atoms with Crippen molar-refractivity contribution in [2.24, 2.45) is 0 Å². The molecule has 0 atom stereocenters. The smallest absolute Gasteiger partial charge is 0.422 e. The largest absolute Gasteiger partial charge is 0.468 e. The summed E-state index contributed by atoms with van der Waals surface area (Å²) in [6, 6.07) is 11.3. The molecule has 28 heavy (non-hydrogen) atoms. The Morgan fingerprint density at radius 3 is 2.39 bits per heavy atom. The van der Waals surface area contributed by atoms with Crippen molar-refractivity contribution in [1.29, 1.82) is 0 Å². The molecule has 152 valence electrons. The van der Waals surface area contributed by atoms with Crippen LogP contribution in [0.2, 0.25) is 0 Å². The minimum atomic E-state index is -4.44. The Labute approximate surface area is 163 Å². The van der Waals surface area contributed by atoms with Gasteiger partial charge in [-0.2, -0.15) is 13.2 Å². The molecule has 2 rings (SSSR count). The van der Waals surface area contributed by atoms with Crippen molar-refractivity contribution >= 4 is 5.91 Å². The number of benzene rings is 1. The molecule has 0 spiro atoms. The Morgan fingerprint density at radius 1 is 1.11 bits per heavy atom. The third kappa shape index (κ3) is 7.21. The van der Waals surface area contributed by atoms with E-state index < -0.39 is 12.8 Å². The molecule has 0 aliphatic heterocycles. The van der Waals surface area contributed by atoms with Crippen molar-refractivity contribution in [3.8, 4) is 5.88 Å². The number of ether oxygens (including phenoxy) is 1. The fourth-order valence-corrected chi connectivity index (χ4v) is 2.55. The molecule has 2 aromatic rings. The van der Waals surface area contributed by atoms with E-state index in [9.17, 15) is 18.0 Å². The molecule has 0 fully saturated rings. The van der Waals surface area contributed by atoms with Crippen molar-refractivity contribution in [1.82, 2.24) is 10.3 Å². The molecule has 0 saturated heterocycles. The third-order valence-corrected chi connectivity index (χ3v) is 4.16. The number of amides is 1. The summed E-state index contributed by atoms with van der Waals surface area (Å²) in [5.41, 5.74) is 2.75. The fourth-order valence-electron chi connectivity index (χ4n) is 2.55. The number of aromatic nitrogens is 1. The molecule has 7 heteroatoms. The molecule has 0 aliphatic carbocycles. The molecule has 4 nitrogen and oxygen atoms in total. The maximum absolute atomic E-state index is 12.3. The molecule has 1 heterocycles. The Balaban J connectivity index is 1.84. The highest BCUT2D eigenvalue weighted by atomic mass is 19.4. The van der Waals surface area contributed by atoms with Crippen LogP contribution in [0.3, 0.4) is 0 Å². The normalized spacial score (nSPS) is 11.9. The van der Waals surface area contributed by atoms with Crippen LogP contribution in [0.4, 0.5) is 13.2 Å². The van der Waals surface area contributed by atoms with Crippen LogP contribution in [0.25, 0.3) is 0 Å². The number of rotatable bonds is 7. The maximum atomic E-state index is 12.3. The van der Waals surface area contributed by atoms with Gasteiger partial charge in [0, 0.05) is 24.7 Å². The third-order valence-electron chi connectivity index (χ3n) is 4.16. The molecule has 1 aromatic carbocycles. The lowest BCUT2D eigenvalue weighted by atomic mass is 9.86. The van der Waals surface area contributed by atoms with Gasteiger partial charge in [-0.25, -0.2) is 4.98 Å². The number of hydrogen-bond donors (Lipinski definition) is 1. The molecule has 0 unspecified atom stereocenters. The van der Waals surface area contributed by atoms with E-state index >= 15 is 0 Å². The second-order valence-corrected chi connectivity index (χ2v) is 7.60. The van der Waals surface area contributed by atoms with Gasteiger partial charge in [-0.05, 0) is 29.0 Å². The van der Waals surface area contributed by atoms with Gasteiger partial charge in [0.05, 0.1) is 0 Å². The van der Waals surface area contributed by atoms with E-state index in [0.717, 1.165) is 5.56 Å². The van der Waals surface area contributed by atoms with E-state index in [-0.39, 0.29) is 30.2 Å². The van der Waals surface area contributed by atoms with Crippen molar-refractivity contribution in [3.05, 3.63) is 59.3 Å². The number of carbonyl (C=O) groups excluding carboxylic acids is 1. The summed E-state index contributed by atoms with van der Waals surface area (Å²) >= 11 is 0. The predicted molar refractivity (Wildman–Crippen MR) is 101 cm³/mol. The summed E-state index contributed by atoms with van der Waals surface area (Å²) in [5.74, 6) is -0.316. The van der Waals surface area contributed by atoms with Crippen LogP contribution in [-0.2, 0) is 23.2 Å². The average Bonchev–Trinajstić information content (AvgIpc) is 2.62. The van der Waals surface area contributed by atoms with Gasteiger partial charge in [0.2, 0.25) is 11.8 Å². The fraction of sp³-hybridized carbons (Fsp3) is 0.429. The topological polar surface area (TPSA) is 51.2 Å². The summed E-state index contributed by atoms with van der Waals surface area (Å²) in [4.78, 5) is 15.9. The Bertz CT molecular complexity index is 781. The van der Waals surface area contributed by atoms with E-state index in [1.165, 1.54) is 11.8 Å². The highest BCUT2D eigenvalue weighted by Crippen LogP contribution is 2.22. The summed E-state index contributed by atoms with van der Waals surface area (Å²) in [5, 5.41) is 2.70. The van der Waals surface area contributed by atoms with E-state index in [4.69, 9.17) is 4.74 Å². The summed E-state index contributed by atoms with van der Waals surface area (Å²) in [6.45, 7) is 5.06. The van der Waals surface area contributed by atoms with Gasteiger partial charge in [-0.1, -0.05) is 51.1 Å². The minimum Gasteiger partial charge on any atom is -0.468 e. The van der Waals surface area contributed by atoms with Crippen LogP contribution in [0, 0.1) is 0 Å². The van der Waals surface area contributed by atoms with Gasteiger partial charge in [-0.3, -0.25) is 4.79 Å². The molecule has 0 bridgehead atoms. The molecule has 1 amide bonds. The van der Waals surface area contributed by atoms with Gasteiger partial charge in [-0.15, -0.1) is 0 Å². The van der Waals surface area contributed by atoms with E-state index in [2.05, 4.69) is 43.2 Å². The molecular formula is C21H25F3N2O2. The van der Waals surface area contributed by atoms with E-state index in [1.54, 1.807) is 12.1 Å². The van der Waals surface area contributed by atoms with Crippen LogP contribution in [-0.4, -0.2) is 23.7 Å². The zero-order valence-corrected chi connectivity index (χ0v) is 16.3. The second-order valence-electron chi connectivity index (χ2n) is 7.60. The van der Waals surface area contributed by atoms with Gasteiger partial charge >= 0.3 is 6.18 Å². The Morgan fingerprint density at radius 2 is 1.79 bits per heavy atom. The van der Waals surface area contributed by atoms with Crippen molar-refractivity contribution in [2.75, 3.05) is 6.61 Å². The lowest BCUT2D eigenvalue weighted by Gasteiger charge is -2.19. The molecule has 1 N–H and O–H groups in total. The number of hydrogen-bond acceptors (Lipinski definition) is 3. The van der Waals surface area contributed by atoms with Crippen LogP contribution in [0.15, 0.2) is 42.6 Å². The predicted octanol–water partition coefficient (Wildman–Crippen LogP) is 4.57. The first-order chi connectivity index (χ1) is 13.0. The first-order valence-electron chi connectivity index (χ1n) is 9.04. The van der Waals surface area contributed by atoms with Crippen molar-refractivity contribution in [3.63, 3.8) is 0 Å². The number of nitrogens with zero attached hydrogens (tertiary/aromatic N) is 1. The van der Waals surface area contributed by atoms with Gasteiger partial charge in [0.25, 0.3) is 0 Å². The summed E-state index contributed by atoms with van der Waals surface area (Å²) in [7, 11) is 0. The number of halogens is 3.